The zero-order chi connectivity index (χ0) is 13.7. The van der Waals surface area contributed by atoms with Crippen molar-refractivity contribution in [3.05, 3.63) is 47.5 Å². The first-order valence-corrected chi connectivity index (χ1v) is 6.97. The summed E-state index contributed by atoms with van der Waals surface area (Å²) in [6.45, 7) is 1.44. The van der Waals surface area contributed by atoms with E-state index in [0.29, 0.717) is 6.54 Å². The van der Waals surface area contributed by atoms with Gasteiger partial charge in [-0.15, -0.1) is 11.3 Å². The molecule has 0 unspecified atom stereocenters. The lowest BCUT2D eigenvalue weighted by Gasteiger charge is -2.22. The van der Waals surface area contributed by atoms with Gasteiger partial charge in [-0.3, -0.25) is 4.79 Å². The molecule has 0 aliphatic carbocycles. The smallest absolute Gasteiger partial charge is 0.253 e. The van der Waals surface area contributed by atoms with Gasteiger partial charge >= 0.3 is 0 Å². The summed E-state index contributed by atoms with van der Waals surface area (Å²) in [5.74, 6) is 0.0492. The number of hydrogen-bond acceptors (Lipinski definition) is 4. The molecule has 0 saturated heterocycles. The molecule has 2 aromatic rings. The number of rotatable bonds is 5. The maximum Gasteiger partial charge on any atom is 0.253 e. The minimum absolute atomic E-state index is 0.0492. The van der Waals surface area contributed by atoms with E-state index in [1.165, 1.54) is 0 Å². The molecule has 1 aromatic heterocycles. The fraction of sp³-hybridized carbons (Fsp3) is 0.286. The number of aromatic nitrogens is 1. The van der Waals surface area contributed by atoms with Gasteiger partial charge in [0, 0.05) is 44.3 Å². The van der Waals surface area contributed by atoms with Crippen LogP contribution in [0.4, 0.5) is 5.13 Å². The second kappa shape index (κ2) is 6.33. The van der Waals surface area contributed by atoms with Crippen molar-refractivity contribution >= 4 is 22.4 Å². The minimum atomic E-state index is 0.0492. The molecular weight excluding hydrogens is 258 g/mol. The Kier molecular flexibility index (Phi) is 4.52. The first-order chi connectivity index (χ1) is 9.18. The first kappa shape index (κ1) is 13.5. The maximum absolute atomic E-state index is 12.1. The molecule has 1 aromatic carbocycles. The highest BCUT2D eigenvalue weighted by atomic mass is 32.1. The predicted molar refractivity (Wildman–Crippen MR) is 78.8 cm³/mol. The summed E-state index contributed by atoms with van der Waals surface area (Å²) in [6.07, 6.45) is 1.79. The summed E-state index contributed by atoms with van der Waals surface area (Å²) in [6, 6.07) is 9.34. The van der Waals surface area contributed by atoms with Crippen molar-refractivity contribution in [3.63, 3.8) is 0 Å². The van der Waals surface area contributed by atoms with Gasteiger partial charge in [-0.1, -0.05) is 18.2 Å². The Balaban J connectivity index is 1.88. The number of nitrogens with zero attached hydrogens (tertiary/aromatic N) is 3. The molecule has 1 amide bonds. The molecule has 1 heterocycles. The highest BCUT2D eigenvalue weighted by Gasteiger charge is 2.12. The van der Waals surface area contributed by atoms with Crippen molar-refractivity contribution in [1.29, 1.82) is 0 Å². The average Bonchev–Trinajstić information content (AvgIpc) is 2.98. The van der Waals surface area contributed by atoms with Crippen LogP contribution in [0.5, 0.6) is 0 Å². The summed E-state index contributed by atoms with van der Waals surface area (Å²) in [4.78, 5) is 20.2. The normalized spacial score (nSPS) is 10.2. The molecule has 0 spiro atoms. The number of amides is 1. The molecular formula is C14H17N3OS. The van der Waals surface area contributed by atoms with Gasteiger partial charge in [0.25, 0.3) is 5.91 Å². The zero-order valence-corrected chi connectivity index (χ0v) is 11.9. The van der Waals surface area contributed by atoms with E-state index >= 15 is 0 Å². The van der Waals surface area contributed by atoms with E-state index in [1.807, 2.05) is 49.8 Å². The Bertz CT molecular complexity index is 513. The summed E-state index contributed by atoms with van der Waals surface area (Å²) in [7, 11) is 3.81. The third-order valence-corrected chi connectivity index (χ3v) is 3.77. The highest BCUT2D eigenvalue weighted by Crippen LogP contribution is 2.15. The van der Waals surface area contributed by atoms with Crippen LogP contribution in [-0.4, -0.2) is 43.0 Å². The van der Waals surface area contributed by atoms with Gasteiger partial charge in [-0.2, -0.15) is 0 Å². The Morgan fingerprint density at radius 3 is 2.58 bits per heavy atom. The average molecular weight is 275 g/mol. The second-order valence-electron chi connectivity index (χ2n) is 4.33. The Hall–Kier alpha value is -1.88. The third-order valence-electron chi connectivity index (χ3n) is 2.88. The van der Waals surface area contributed by atoms with Gasteiger partial charge in [0.2, 0.25) is 0 Å². The van der Waals surface area contributed by atoms with Crippen LogP contribution in [0, 0.1) is 0 Å². The molecule has 0 aliphatic heterocycles. The third kappa shape index (κ3) is 3.54. The number of likely N-dealkylation sites (N-methyl/N-ethyl adjacent to an activating group) is 2. The lowest BCUT2D eigenvalue weighted by molar-refractivity contribution is 0.0799. The standard InChI is InChI=1S/C14H17N3OS/c1-16(13(18)12-6-4-3-5-7-12)9-10-17(2)14-15-8-11-19-14/h3-8,11H,9-10H2,1-2H3. The molecule has 0 radical (unpaired) electrons. The SMILES string of the molecule is CN(CCN(C)c1nccs1)C(=O)c1ccccc1. The van der Waals surface area contributed by atoms with Crippen LogP contribution in [-0.2, 0) is 0 Å². The van der Waals surface area contributed by atoms with Crippen molar-refractivity contribution < 1.29 is 4.79 Å². The van der Waals surface area contributed by atoms with E-state index in [9.17, 15) is 4.79 Å². The van der Waals surface area contributed by atoms with Gasteiger partial charge in [-0.25, -0.2) is 4.98 Å². The van der Waals surface area contributed by atoms with Gasteiger partial charge in [0.15, 0.2) is 5.13 Å². The van der Waals surface area contributed by atoms with Crippen molar-refractivity contribution in [2.75, 3.05) is 32.1 Å². The van der Waals surface area contributed by atoms with Crippen molar-refractivity contribution in [1.82, 2.24) is 9.88 Å². The summed E-state index contributed by atoms with van der Waals surface area (Å²) >= 11 is 1.60. The van der Waals surface area contributed by atoms with Gasteiger partial charge < -0.3 is 9.80 Å². The van der Waals surface area contributed by atoms with Crippen LogP contribution in [0.15, 0.2) is 41.9 Å². The fourth-order valence-electron chi connectivity index (χ4n) is 1.70. The monoisotopic (exact) mass is 275 g/mol. The van der Waals surface area contributed by atoms with Crippen LogP contribution in [0.25, 0.3) is 0 Å². The van der Waals surface area contributed by atoms with Gasteiger partial charge in [0.05, 0.1) is 0 Å². The van der Waals surface area contributed by atoms with E-state index in [1.54, 1.807) is 22.4 Å². The molecule has 0 fully saturated rings. The van der Waals surface area contributed by atoms with E-state index in [4.69, 9.17) is 0 Å². The molecule has 0 N–H and O–H groups in total. The lowest BCUT2D eigenvalue weighted by atomic mass is 10.2. The number of carbonyl (C=O) groups is 1. The largest absolute Gasteiger partial charge is 0.349 e. The van der Waals surface area contributed by atoms with Gasteiger partial charge in [-0.05, 0) is 12.1 Å². The zero-order valence-electron chi connectivity index (χ0n) is 11.1. The summed E-state index contributed by atoms with van der Waals surface area (Å²) in [5, 5.41) is 2.92. The number of thiazole rings is 1. The van der Waals surface area contributed by atoms with Crippen LogP contribution in [0.2, 0.25) is 0 Å². The molecule has 2 rings (SSSR count). The molecule has 0 aliphatic rings. The topological polar surface area (TPSA) is 36.4 Å². The first-order valence-electron chi connectivity index (χ1n) is 6.09. The molecule has 0 atom stereocenters. The number of benzene rings is 1. The molecule has 5 heteroatoms. The van der Waals surface area contributed by atoms with E-state index in [0.717, 1.165) is 17.2 Å². The van der Waals surface area contributed by atoms with Gasteiger partial charge in [0.1, 0.15) is 0 Å². The minimum Gasteiger partial charge on any atom is -0.349 e. The molecule has 19 heavy (non-hydrogen) atoms. The van der Waals surface area contributed by atoms with Crippen molar-refractivity contribution in [3.8, 4) is 0 Å². The predicted octanol–water partition coefficient (Wildman–Crippen LogP) is 2.35. The van der Waals surface area contributed by atoms with Crippen molar-refractivity contribution in [2.24, 2.45) is 0 Å². The Morgan fingerprint density at radius 2 is 1.95 bits per heavy atom. The lowest BCUT2D eigenvalue weighted by Crippen LogP contribution is -2.34. The highest BCUT2D eigenvalue weighted by molar-refractivity contribution is 7.13. The van der Waals surface area contributed by atoms with Crippen LogP contribution >= 0.6 is 11.3 Å². The molecule has 0 bridgehead atoms. The maximum atomic E-state index is 12.1. The van der Waals surface area contributed by atoms with Crippen LogP contribution in [0.1, 0.15) is 10.4 Å². The van der Waals surface area contributed by atoms with E-state index in [2.05, 4.69) is 9.88 Å². The Labute approximate surface area is 117 Å². The van der Waals surface area contributed by atoms with Crippen LogP contribution in [0.3, 0.4) is 0 Å². The van der Waals surface area contributed by atoms with E-state index < -0.39 is 0 Å². The summed E-state index contributed by atoms with van der Waals surface area (Å²) < 4.78 is 0. The quantitative estimate of drug-likeness (QED) is 0.840. The molecule has 4 nitrogen and oxygen atoms in total. The number of hydrogen-bond donors (Lipinski definition) is 0. The fourth-order valence-corrected chi connectivity index (χ4v) is 2.34. The number of anilines is 1. The second-order valence-corrected chi connectivity index (χ2v) is 5.20. The van der Waals surface area contributed by atoms with E-state index in [-0.39, 0.29) is 5.91 Å². The van der Waals surface area contributed by atoms with Crippen molar-refractivity contribution in [2.45, 2.75) is 0 Å². The summed E-state index contributed by atoms with van der Waals surface area (Å²) in [5.41, 5.74) is 0.724. The molecule has 0 saturated carbocycles. The molecule has 100 valence electrons. The van der Waals surface area contributed by atoms with Crippen LogP contribution < -0.4 is 4.90 Å². The number of carbonyl (C=O) groups excluding carboxylic acids is 1. The Morgan fingerprint density at radius 1 is 1.21 bits per heavy atom.